The van der Waals surface area contributed by atoms with E-state index in [2.05, 4.69) is 15.9 Å². The summed E-state index contributed by atoms with van der Waals surface area (Å²) in [5, 5.41) is 15.7. The summed E-state index contributed by atoms with van der Waals surface area (Å²) in [6.07, 6.45) is 1.15. The molecule has 4 heteroatoms. The summed E-state index contributed by atoms with van der Waals surface area (Å²) in [5.41, 5.74) is 1.55. The van der Waals surface area contributed by atoms with Gasteiger partial charge in [0.25, 0.3) is 0 Å². The van der Waals surface area contributed by atoms with Crippen molar-refractivity contribution in [1.29, 1.82) is 10.8 Å². The Morgan fingerprint density at radius 3 is 2.22 bits per heavy atom. The number of nitrogens with zero attached hydrogens (tertiary/aromatic N) is 1. The largest absolute Gasteiger partial charge is 0.291 e. The predicted molar refractivity (Wildman–Crippen MR) is 78.7 cm³/mol. The van der Waals surface area contributed by atoms with Crippen molar-refractivity contribution >= 4 is 33.8 Å². The average Bonchev–Trinajstić information content (AvgIpc) is 2.41. The van der Waals surface area contributed by atoms with E-state index >= 15 is 0 Å². The Balaban J connectivity index is 2.38. The molecule has 0 fully saturated rings. The Hall–Kier alpha value is -1.94. The third-order valence-corrected chi connectivity index (χ3v) is 3.22. The van der Waals surface area contributed by atoms with Crippen LogP contribution in [0.25, 0.3) is 0 Å². The van der Waals surface area contributed by atoms with E-state index in [0.29, 0.717) is 0 Å². The van der Waals surface area contributed by atoms with Gasteiger partial charge in [-0.2, -0.15) is 0 Å². The Labute approximate surface area is 114 Å². The maximum absolute atomic E-state index is 8.21. The SMILES string of the molecule is N=CN(C(=N)c1ccccc1Br)c1ccccc1. The van der Waals surface area contributed by atoms with Crippen LogP contribution in [0.3, 0.4) is 0 Å². The molecule has 0 saturated heterocycles. The van der Waals surface area contributed by atoms with E-state index in [-0.39, 0.29) is 5.84 Å². The van der Waals surface area contributed by atoms with Crippen LogP contribution in [0.1, 0.15) is 5.56 Å². The highest BCUT2D eigenvalue weighted by Gasteiger charge is 2.13. The summed E-state index contributed by atoms with van der Waals surface area (Å²) in [4.78, 5) is 1.53. The van der Waals surface area contributed by atoms with Gasteiger partial charge in [-0.25, -0.2) is 0 Å². The molecule has 0 amide bonds. The minimum Gasteiger partial charge on any atom is -0.291 e. The second-order valence-corrected chi connectivity index (χ2v) is 4.52. The Kier molecular flexibility index (Phi) is 3.89. The van der Waals surface area contributed by atoms with Crippen LogP contribution in [-0.4, -0.2) is 12.2 Å². The second-order valence-electron chi connectivity index (χ2n) is 3.66. The quantitative estimate of drug-likeness (QED) is 0.656. The number of hydrogen-bond acceptors (Lipinski definition) is 2. The summed E-state index contributed by atoms with van der Waals surface area (Å²) in [6.45, 7) is 0. The molecule has 2 aromatic rings. The molecule has 3 nitrogen and oxygen atoms in total. The number of para-hydroxylation sites is 1. The van der Waals surface area contributed by atoms with Gasteiger partial charge in [0, 0.05) is 15.7 Å². The smallest absolute Gasteiger partial charge is 0.139 e. The van der Waals surface area contributed by atoms with Crippen LogP contribution < -0.4 is 4.90 Å². The van der Waals surface area contributed by atoms with Gasteiger partial charge in [0.1, 0.15) is 5.84 Å². The molecule has 0 radical (unpaired) electrons. The molecule has 0 spiro atoms. The van der Waals surface area contributed by atoms with Crippen molar-refractivity contribution in [3.8, 4) is 0 Å². The first-order chi connectivity index (χ1) is 8.74. The maximum Gasteiger partial charge on any atom is 0.139 e. The van der Waals surface area contributed by atoms with Crippen molar-refractivity contribution in [3.63, 3.8) is 0 Å². The molecule has 2 aromatic carbocycles. The Bertz CT molecular complexity index is 566. The first-order valence-electron chi connectivity index (χ1n) is 5.42. The van der Waals surface area contributed by atoms with Crippen molar-refractivity contribution in [2.75, 3.05) is 4.90 Å². The van der Waals surface area contributed by atoms with Crippen LogP contribution in [0.4, 0.5) is 5.69 Å². The van der Waals surface area contributed by atoms with Crippen LogP contribution in [0, 0.1) is 10.8 Å². The molecule has 0 aromatic heterocycles. The lowest BCUT2D eigenvalue weighted by Crippen LogP contribution is -2.29. The van der Waals surface area contributed by atoms with Crippen molar-refractivity contribution in [2.24, 2.45) is 0 Å². The number of halogens is 1. The molecule has 18 heavy (non-hydrogen) atoms. The molecule has 0 saturated carbocycles. The zero-order valence-electron chi connectivity index (χ0n) is 9.60. The van der Waals surface area contributed by atoms with E-state index in [4.69, 9.17) is 10.8 Å². The van der Waals surface area contributed by atoms with E-state index in [1.54, 1.807) is 0 Å². The van der Waals surface area contributed by atoms with Crippen molar-refractivity contribution < 1.29 is 0 Å². The van der Waals surface area contributed by atoms with Gasteiger partial charge in [0.2, 0.25) is 0 Å². The molecule has 0 atom stereocenters. The lowest BCUT2D eigenvalue weighted by Gasteiger charge is -2.20. The summed E-state index contributed by atoms with van der Waals surface area (Å²) in [7, 11) is 0. The highest BCUT2D eigenvalue weighted by atomic mass is 79.9. The standard InChI is InChI=1S/C14H12BrN3/c15-13-9-5-4-8-12(13)14(17)18(10-16)11-6-2-1-3-7-11/h1-10,16-17H. The molecular formula is C14H12BrN3. The van der Waals surface area contributed by atoms with Crippen LogP contribution in [-0.2, 0) is 0 Å². The Morgan fingerprint density at radius 1 is 1.00 bits per heavy atom. The van der Waals surface area contributed by atoms with Crippen LogP contribution >= 0.6 is 15.9 Å². The summed E-state index contributed by atoms with van der Waals surface area (Å²) in [5.74, 6) is 0.267. The second kappa shape index (κ2) is 5.60. The van der Waals surface area contributed by atoms with Gasteiger partial charge in [-0.15, -0.1) is 0 Å². The molecule has 2 N–H and O–H groups in total. The first kappa shape index (κ1) is 12.5. The molecule has 0 unspecified atom stereocenters. The van der Waals surface area contributed by atoms with Crippen molar-refractivity contribution in [3.05, 3.63) is 64.6 Å². The molecule has 0 aliphatic rings. The average molecular weight is 302 g/mol. The fourth-order valence-corrected chi connectivity index (χ4v) is 2.11. The van der Waals surface area contributed by atoms with Gasteiger partial charge < -0.3 is 0 Å². The maximum atomic E-state index is 8.21. The van der Waals surface area contributed by atoms with Crippen LogP contribution in [0.2, 0.25) is 0 Å². The number of rotatable bonds is 3. The Morgan fingerprint density at radius 2 is 1.61 bits per heavy atom. The third-order valence-electron chi connectivity index (χ3n) is 2.53. The summed E-state index contributed by atoms with van der Waals surface area (Å²) >= 11 is 3.42. The topological polar surface area (TPSA) is 50.9 Å². The van der Waals surface area contributed by atoms with Gasteiger partial charge in [0.15, 0.2) is 0 Å². The molecular weight excluding hydrogens is 290 g/mol. The molecule has 0 aliphatic heterocycles. The monoisotopic (exact) mass is 301 g/mol. The molecule has 0 heterocycles. The summed E-state index contributed by atoms with van der Waals surface area (Å²) < 4.78 is 0.845. The highest BCUT2D eigenvalue weighted by molar-refractivity contribution is 9.10. The van der Waals surface area contributed by atoms with Gasteiger partial charge >= 0.3 is 0 Å². The number of benzene rings is 2. The van der Waals surface area contributed by atoms with Crippen LogP contribution in [0.15, 0.2) is 59.1 Å². The van der Waals surface area contributed by atoms with Gasteiger partial charge in [-0.05, 0) is 18.2 Å². The lowest BCUT2D eigenvalue weighted by molar-refractivity contribution is 1.32. The normalized spacial score (nSPS) is 9.83. The number of nitrogens with one attached hydrogen (secondary N) is 2. The van der Waals surface area contributed by atoms with E-state index in [1.807, 2.05) is 54.6 Å². The van der Waals surface area contributed by atoms with E-state index in [9.17, 15) is 0 Å². The molecule has 0 bridgehead atoms. The fourth-order valence-electron chi connectivity index (χ4n) is 1.64. The van der Waals surface area contributed by atoms with Gasteiger partial charge in [-0.1, -0.05) is 52.3 Å². The zero-order valence-corrected chi connectivity index (χ0v) is 11.2. The van der Waals surface area contributed by atoms with Gasteiger partial charge in [0.05, 0.1) is 6.34 Å². The molecule has 90 valence electrons. The lowest BCUT2D eigenvalue weighted by atomic mass is 10.2. The number of amidine groups is 1. The predicted octanol–water partition coefficient (Wildman–Crippen LogP) is 3.89. The zero-order chi connectivity index (χ0) is 13.0. The van der Waals surface area contributed by atoms with E-state index in [1.165, 1.54) is 4.90 Å². The molecule has 0 aliphatic carbocycles. The van der Waals surface area contributed by atoms with Crippen molar-refractivity contribution in [2.45, 2.75) is 0 Å². The van der Waals surface area contributed by atoms with Crippen molar-refractivity contribution in [1.82, 2.24) is 0 Å². The van der Waals surface area contributed by atoms with E-state index < -0.39 is 0 Å². The number of hydrogen-bond donors (Lipinski definition) is 2. The first-order valence-corrected chi connectivity index (χ1v) is 6.21. The third kappa shape index (κ3) is 2.49. The van der Waals surface area contributed by atoms with E-state index in [0.717, 1.165) is 22.1 Å². The highest BCUT2D eigenvalue weighted by Crippen LogP contribution is 2.20. The minimum atomic E-state index is 0.267. The minimum absolute atomic E-state index is 0.267. The molecule has 2 rings (SSSR count). The summed E-state index contributed by atoms with van der Waals surface area (Å²) in [6, 6.07) is 16.9. The van der Waals surface area contributed by atoms with Crippen LogP contribution in [0.5, 0.6) is 0 Å². The van der Waals surface area contributed by atoms with Gasteiger partial charge in [-0.3, -0.25) is 15.7 Å². The fraction of sp³-hybridized carbons (Fsp3) is 0. The number of anilines is 1.